The molecular weight excluding hydrogens is 213 g/mol. The van der Waals surface area contributed by atoms with Gasteiger partial charge in [0.2, 0.25) is 0 Å². The predicted octanol–water partition coefficient (Wildman–Crippen LogP) is 0.765. The fourth-order valence-electron chi connectivity index (χ4n) is 1.68. The Hall–Kier alpha value is -1.20. The van der Waals surface area contributed by atoms with E-state index in [0.29, 0.717) is 5.57 Å². The van der Waals surface area contributed by atoms with Crippen LogP contribution in [0, 0.1) is 0 Å². The summed E-state index contributed by atoms with van der Waals surface area (Å²) in [6.07, 6.45) is 5.07. The smallest absolute Gasteiger partial charge is 0.326 e. The first-order valence-corrected chi connectivity index (χ1v) is 4.97. The van der Waals surface area contributed by atoms with Gasteiger partial charge in [-0.2, -0.15) is 0 Å². The van der Waals surface area contributed by atoms with Gasteiger partial charge < -0.3 is 15.9 Å². The molecule has 4 N–H and O–H groups in total. The van der Waals surface area contributed by atoms with Gasteiger partial charge in [0.25, 0.3) is 0 Å². The summed E-state index contributed by atoms with van der Waals surface area (Å²) in [6, 6.07) is 0. The highest BCUT2D eigenvalue weighted by molar-refractivity contribution is 5.79. The molecule has 90 valence electrons. The van der Waals surface area contributed by atoms with Crippen molar-refractivity contribution >= 4 is 5.97 Å². The van der Waals surface area contributed by atoms with Gasteiger partial charge in [-0.05, 0) is 6.92 Å². The number of aliphatic carboxylic acids is 1. The van der Waals surface area contributed by atoms with Gasteiger partial charge >= 0.3 is 5.97 Å². The largest absolute Gasteiger partial charge is 0.480 e. The van der Waals surface area contributed by atoms with Crippen LogP contribution in [0.5, 0.6) is 0 Å². The molecule has 0 amide bonds. The quantitative estimate of drug-likeness (QED) is 0.664. The van der Waals surface area contributed by atoms with Gasteiger partial charge in [0, 0.05) is 12.8 Å². The van der Waals surface area contributed by atoms with Crippen LogP contribution in [0.1, 0.15) is 19.8 Å². The summed E-state index contributed by atoms with van der Waals surface area (Å²) in [4.78, 5) is 10.8. The van der Waals surface area contributed by atoms with E-state index in [4.69, 9.17) is 10.8 Å². The van der Waals surface area contributed by atoms with Gasteiger partial charge in [0.05, 0.1) is 5.60 Å². The number of nitrogens with two attached hydrogens (primary N) is 1. The number of carboxylic acids is 1. The number of allylic oxidation sites excluding steroid dienone is 2. The predicted molar refractivity (Wildman–Crippen MR) is 57.6 cm³/mol. The second-order valence-electron chi connectivity index (χ2n) is 4.49. The number of carbonyl (C=O) groups is 1. The van der Waals surface area contributed by atoms with E-state index in [1.54, 1.807) is 25.2 Å². The van der Waals surface area contributed by atoms with Crippen LogP contribution in [0.15, 0.2) is 23.8 Å². The van der Waals surface area contributed by atoms with Gasteiger partial charge in [-0.1, -0.05) is 23.8 Å². The third-order valence-corrected chi connectivity index (χ3v) is 2.58. The van der Waals surface area contributed by atoms with Crippen molar-refractivity contribution in [3.63, 3.8) is 0 Å². The molecule has 1 aliphatic rings. The summed E-state index contributed by atoms with van der Waals surface area (Å²) < 4.78 is 12.6. The third-order valence-electron chi connectivity index (χ3n) is 2.58. The number of carboxylic acid groups (broad SMARTS) is 1. The number of alkyl halides is 1. The zero-order valence-electron chi connectivity index (χ0n) is 9.11. The van der Waals surface area contributed by atoms with Crippen molar-refractivity contribution in [3.05, 3.63) is 23.8 Å². The van der Waals surface area contributed by atoms with Gasteiger partial charge in [-0.15, -0.1) is 0 Å². The lowest BCUT2D eigenvalue weighted by molar-refractivity contribution is -0.144. The highest BCUT2D eigenvalue weighted by atomic mass is 19.1. The average Bonchev–Trinajstić information content (AvgIpc) is 2.15. The molecule has 1 aliphatic carbocycles. The Morgan fingerprint density at radius 3 is 2.81 bits per heavy atom. The molecule has 0 spiro atoms. The Kier molecular flexibility index (Phi) is 3.50. The first-order valence-electron chi connectivity index (χ1n) is 4.97. The van der Waals surface area contributed by atoms with Gasteiger partial charge in [-0.25, -0.2) is 4.39 Å². The lowest BCUT2D eigenvalue weighted by Gasteiger charge is -2.28. The number of aliphatic hydroxyl groups is 1. The van der Waals surface area contributed by atoms with Crippen molar-refractivity contribution in [3.8, 4) is 0 Å². The zero-order chi connectivity index (χ0) is 12.4. The molecule has 16 heavy (non-hydrogen) atoms. The second kappa shape index (κ2) is 4.35. The Morgan fingerprint density at radius 1 is 1.75 bits per heavy atom. The summed E-state index contributed by atoms with van der Waals surface area (Å²) in [7, 11) is 0. The Bertz CT molecular complexity index is 349. The van der Waals surface area contributed by atoms with E-state index < -0.39 is 23.8 Å². The average molecular weight is 229 g/mol. The van der Waals surface area contributed by atoms with E-state index >= 15 is 0 Å². The molecule has 2 unspecified atom stereocenters. The maximum Gasteiger partial charge on any atom is 0.326 e. The van der Waals surface area contributed by atoms with Crippen molar-refractivity contribution < 1.29 is 19.4 Å². The Morgan fingerprint density at radius 2 is 2.38 bits per heavy atom. The molecule has 0 aliphatic heterocycles. The lowest BCUT2D eigenvalue weighted by atomic mass is 9.84. The van der Waals surface area contributed by atoms with E-state index in [2.05, 4.69) is 0 Å². The lowest BCUT2D eigenvalue weighted by Crippen LogP contribution is -2.50. The van der Waals surface area contributed by atoms with Crippen LogP contribution in [0.25, 0.3) is 0 Å². The SMILES string of the molecule is CC1(O)C=CC=C(CC(N)(CF)C(=O)O)C1. The maximum absolute atomic E-state index is 12.6. The van der Waals surface area contributed by atoms with Crippen molar-refractivity contribution in [2.45, 2.75) is 30.9 Å². The van der Waals surface area contributed by atoms with Crippen LogP contribution in [0.3, 0.4) is 0 Å². The van der Waals surface area contributed by atoms with Crippen molar-refractivity contribution in [1.29, 1.82) is 0 Å². The van der Waals surface area contributed by atoms with Gasteiger partial charge in [-0.3, -0.25) is 4.79 Å². The minimum Gasteiger partial charge on any atom is -0.480 e. The first-order chi connectivity index (χ1) is 7.29. The molecule has 0 aromatic rings. The van der Waals surface area contributed by atoms with E-state index in [9.17, 15) is 14.3 Å². The molecule has 5 heteroatoms. The molecule has 0 bridgehead atoms. The molecule has 0 saturated carbocycles. The monoisotopic (exact) mass is 229 g/mol. The summed E-state index contributed by atoms with van der Waals surface area (Å²) >= 11 is 0. The Labute approximate surface area is 93.3 Å². The van der Waals surface area contributed by atoms with Crippen LogP contribution in [0.4, 0.5) is 4.39 Å². The van der Waals surface area contributed by atoms with Crippen molar-refractivity contribution in [2.75, 3.05) is 6.67 Å². The molecule has 2 atom stereocenters. The molecule has 0 saturated heterocycles. The van der Waals surface area contributed by atoms with E-state index in [1.165, 1.54) is 0 Å². The fourth-order valence-corrected chi connectivity index (χ4v) is 1.68. The number of halogens is 1. The molecule has 0 radical (unpaired) electrons. The zero-order valence-corrected chi connectivity index (χ0v) is 9.11. The van der Waals surface area contributed by atoms with Crippen LogP contribution in [-0.4, -0.2) is 34.0 Å². The van der Waals surface area contributed by atoms with Gasteiger partial charge in [0.15, 0.2) is 0 Å². The number of hydrogen-bond acceptors (Lipinski definition) is 3. The highest BCUT2D eigenvalue weighted by Gasteiger charge is 2.36. The summed E-state index contributed by atoms with van der Waals surface area (Å²) in [6.45, 7) is 0.469. The molecule has 4 nitrogen and oxygen atoms in total. The van der Waals surface area contributed by atoms with Crippen molar-refractivity contribution in [1.82, 2.24) is 0 Å². The molecule has 1 rings (SSSR count). The van der Waals surface area contributed by atoms with Crippen LogP contribution >= 0.6 is 0 Å². The maximum atomic E-state index is 12.6. The second-order valence-corrected chi connectivity index (χ2v) is 4.49. The third kappa shape index (κ3) is 2.90. The molecule has 0 aromatic heterocycles. The standard InChI is InChI=1S/C11H16FNO3/c1-10(16)4-2-3-8(5-10)6-11(13,7-12)9(14)15/h2-4,16H,5-7,13H2,1H3,(H,14,15). The molecule has 0 fully saturated rings. The van der Waals surface area contributed by atoms with Crippen LogP contribution in [-0.2, 0) is 4.79 Å². The Balaban J connectivity index is 2.78. The summed E-state index contributed by atoms with van der Waals surface area (Å²) in [5.41, 5.74) is 3.16. The minimum atomic E-state index is -1.90. The van der Waals surface area contributed by atoms with Crippen LogP contribution in [0.2, 0.25) is 0 Å². The van der Waals surface area contributed by atoms with E-state index in [1.807, 2.05) is 0 Å². The first kappa shape index (κ1) is 12.9. The van der Waals surface area contributed by atoms with Gasteiger partial charge in [0.1, 0.15) is 12.2 Å². The minimum absolute atomic E-state index is 0.0979. The van der Waals surface area contributed by atoms with Crippen molar-refractivity contribution in [2.24, 2.45) is 5.73 Å². The van der Waals surface area contributed by atoms with E-state index in [-0.39, 0.29) is 12.8 Å². The highest BCUT2D eigenvalue weighted by Crippen LogP contribution is 2.28. The molecular formula is C11H16FNO3. The fraction of sp³-hybridized carbons (Fsp3) is 0.545. The van der Waals surface area contributed by atoms with Crippen LogP contribution < -0.4 is 5.73 Å². The number of hydrogen-bond donors (Lipinski definition) is 3. The summed E-state index contributed by atoms with van der Waals surface area (Å²) in [5.74, 6) is -1.37. The molecule has 0 heterocycles. The molecule has 0 aromatic carbocycles. The number of rotatable bonds is 4. The van der Waals surface area contributed by atoms with E-state index in [0.717, 1.165) is 0 Å². The topological polar surface area (TPSA) is 83.5 Å². The normalized spacial score (nSPS) is 28.4. The summed E-state index contributed by atoms with van der Waals surface area (Å²) in [5, 5.41) is 18.6.